The maximum absolute atomic E-state index is 12.6. The molecule has 2 aliphatic rings. The van der Waals surface area contributed by atoms with E-state index in [-0.39, 0.29) is 17.7 Å². The summed E-state index contributed by atoms with van der Waals surface area (Å²) in [7, 11) is 0. The molecule has 3 rings (SSSR count). The minimum atomic E-state index is -4.63. The summed E-state index contributed by atoms with van der Waals surface area (Å²) in [5, 5.41) is 7.17. The molecule has 134 valence electrons. The second kappa shape index (κ2) is 7.33. The Labute approximate surface area is 142 Å². The molecular weight excluding hydrogens is 343 g/mol. The van der Waals surface area contributed by atoms with E-state index in [1.165, 1.54) is 25.7 Å². The quantitative estimate of drug-likeness (QED) is 0.820. The summed E-state index contributed by atoms with van der Waals surface area (Å²) in [6, 6.07) is 0. The Morgan fingerprint density at radius 1 is 1.21 bits per heavy atom. The third-order valence-electron chi connectivity index (χ3n) is 4.55. The van der Waals surface area contributed by atoms with E-state index >= 15 is 0 Å². The first kappa shape index (κ1) is 17.6. The molecule has 1 atom stereocenters. The summed E-state index contributed by atoms with van der Waals surface area (Å²) in [5.41, 5.74) is 0. The number of alkyl halides is 3. The minimum Gasteiger partial charge on any atom is -0.417 e. The Hall–Kier alpha value is -1.25. The van der Waals surface area contributed by atoms with Crippen molar-refractivity contribution in [2.45, 2.75) is 55.9 Å². The van der Waals surface area contributed by atoms with Crippen LogP contribution in [0.5, 0.6) is 0 Å². The molecule has 0 radical (unpaired) electrons. The van der Waals surface area contributed by atoms with Crippen LogP contribution in [0.25, 0.3) is 0 Å². The molecule has 9 heteroatoms. The number of rotatable bonds is 4. The normalized spacial score (nSPS) is 23.0. The van der Waals surface area contributed by atoms with E-state index in [2.05, 4.69) is 10.2 Å². The van der Waals surface area contributed by atoms with Gasteiger partial charge in [-0.25, -0.2) is 0 Å². The standard InChI is InChI=1S/C15H20F3N3O2S/c16-15(17,18)14-20-19-13(23-14)10-4-3-7-21(8-10)12(22)9-24-11-5-1-2-6-11/h10-11H,1-9H2. The van der Waals surface area contributed by atoms with Gasteiger partial charge in [-0.3, -0.25) is 4.79 Å². The van der Waals surface area contributed by atoms with Gasteiger partial charge < -0.3 is 9.32 Å². The highest BCUT2D eigenvalue weighted by atomic mass is 32.2. The summed E-state index contributed by atoms with van der Waals surface area (Å²) < 4.78 is 42.4. The fraction of sp³-hybridized carbons (Fsp3) is 0.800. The average Bonchev–Trinajstić information content (AvgIpc) is 3.23. The molecule has 1 amide bonds. The molecule has 0 bridgehead atoms. The SMILES string of the molecule is O=C(CSC1CCCC1)N1CCCC(c2nnc(C(F)(F)F)o2)C1. The van der Waals surface area contributed by atoms with Crippen LogP contribution < -0.4 is 0 Å². The first-order valence-corrected chi connectivity index (χ1v) is 9.28. The third kappa shape index (κ3) is 4.23. The lowest BCUT2D eigenvalue weighted by Crippen LogP contribution is -2.40. The maximum atomic E-state index is 12.6. The summed E-state index contributed by atoms with van der Waals surface area (Å²) in [4.78, 5) is 14.1. The van der Waals surface area contributed by atoms with Crippen LogP contribution in [0.4, 0.5) is 13.2 Å². The second-order valence-corrected chi connectivity index (χ2v) is 7.63. The average molecular weight is 363 g/mol. The van der Waals surface area contributed by atoms with Gasteiger partial charge in [0.25, 0.3) is 0 Å². The molecular formula is C15H20F3N3O2S. The monoisotopic (exact) mass is 363 g/mol. The number of thioether (sulfide) groups is 1. The van der Waals surface area contributed by atoms with Gasteiger partial charge in [0.1, 0.15) is 0 Å². The van der Waals surface area contributed by atoms with Crippen LogP contribution in [0.2, 0.25) is 0 Å². The van der Waals surface area contributed by atoms with Gasteiger partial charge >= 0.3 is 12.1 Å². The topological polar surface area (TPSA) is 59.2 Å². The number of carbonyl (C=O) groups is 1. The van der Waals surface area contributed by atoms with Crippen LogP contribution in [0.1, 0.15) is 56.2 Å². The van der Waals surface area contributed by atoms with Crippen molar-refractivity contribution in [1.29, 1.82) is 0 Å². The number of piperidine rings is 1. The Kier molecular flexibility index (Phi) is 5.36. The number of hydrogen-bond acceptors (Lipinski definition) is 5. The smallest absolute Gasteiger partial charge is 0.417 e. The van der Waals surface area contributed by atoms with Crippen molar-refractivity contribution in [2.75, 3.05) is 18.8 Å². The van der Waals surface area contributed by atoms with Crippen molar-refractivity contribution < 1.29 is 22.4 Å². The first-order valence-electron chi connectivity index (χ1n) is 8.23. The molecule has 1 saturated carbocycles. The Morgan fingerprint density at radius 2 is 1.96 bits per heavy atom. The molecule has 0 spiro atoms. The zero-order valence-corrected chi connectivity index (χ0v) is 14.0. The third-order valence-corrected chi connectivity index (χ3v) is 5.91. The minimum absolute atomic E-state index is 0.0247. The van der Waals surface area contributed by atoms with Crippen LogP contribution >= 0.6 is 11.8 Å². The van der Waals surface area contributed by atoms with E-state index < -0.39 is 12.1 Å². The van der Waals surface area contributed by atoms with Gasteiger partial charge in [0.2, 0.25) is 11.8 Å². The predicted octanol–water partition coefficient (Wildman–Crippen LogP) is 3.47. The molecule has 5 nitrogen and oxygen atoms in total. The molecule has 1 unspecified atom stereocenters. The molecule has 24 heavy (non-hydrogen) atoms. The summed E-state index contributed by atoms with van der Waals surface area (Å²) in [6.45, 7) is 0.990. The van der Waals surface area contributed by atoms with Crippen molar-refractivity contribution in [1.82, 2.24) is 15.1 Å². The fourth-order valence-corrected chi connectivity index (χ4v) is 4.48. The molecule has 1 saturated heterocycles. The lowest BCUT2D eigenvalue weighted by atomic mass is 9.98. The summed E-state index contributed by atoms with van der Waals surface area (Å²) in [5.74, 6) is -1.18. The predicted molar refractivity (Wildman–Crippen MR) is 82.6 cm³/mol. The Morgan fingerprint density at radius 3 is 2.62 bits per heavy atom. The molecule has 1 aromatic rings. The number of nitrogens with zero attached hydrogens (tertiary/aromatic N) is 3. The highest BCUT2D eigenvalue weighted by Crippen LogP contribution is 2.33. The number of carbonyl (C=O) groups excluding carboxylic acids is 1. The van der Waals surface area contributed by atoms with Gasteiger partial charge in [0, 0.05) is 18.3 Å². The van der Waals surface area contributed by atoms with Gasteiger partial charge in [-0.05, 0) is 25.7 Å². The number of halogens is 3. The Balaban J connectivity index is 1.55. The highest BCUT2D eigenvalue weighted by molar-refractivity contribution is 8.00. The van der Waals surface area contributed by atoms with E-state index in [1.54, 1.807) is 16.7 Å². The van der Waals surface area contributed by atoms with Crippen LogP contribution in [0, 0.1) is 0 Å². The van der Waals surface area contributed by atoms with E-state index in [9.17, 15) is 18.0 Å². The molecule has 2 heterocycles. The Bertz CT molecular complexity index is 573. The van der Waals surface area contributed by atoms with Crippen molar-refractivity contribution in [3.63, 3.8) is 0 Å². The van der Waals surface area contributed by atoms with Crippen LogP contribution in [-0.2, 0) is 11.0 Å². The van der Waals surface area contributed by atoms with Gasteiger partial charge in [0.05, 0.1) is 11.7 Å². The maximum Gasteiger partial charge on any atom is 0.470 e. The number of amides is 1. The van der Waals surface area contributed by atoms with Gasteiger partial charge in [-0.1, -0.05) is 12.8 Å². The molecule has 2 fully saturated rings. The fourth-order valence-electron chi connectivity index (χ4n) is 3.25. The van der Waals surface area contributed by atoms with E-state index in [1.807, 2.05) is 0 Å². The van der Waals surface area contributed by atoms with Gasteiger partial charge in [-0.15, -0.1) is 22.0 Å². The molecule has 1 aliphatic carbocycles. The number of hydrogen-bond donors (Lipinski definition) is 0. The van der Waals surface area contributed by atoms with Crippen LogP contribution in [-0.4, -0.2) is 45.1 Å². The van der Waals surface area contributed by atoms with Crippen molar-refractivity contribution in [3.8, 4) is 0 Å². The highest BCUT2D eigenvalue weighted by Gasteiger charge is 2.39. The number of likely N-dealkylation sites (tertiary alicyclic amines) is 1. The molecule has 0 N–H and O–H groups in total. The molecule has 0 aromatic carbocycles. The van der Waals surface area contributed by atoms with Crippen LogP contribution in [0.3, 0.4) is 0 Å². The van der Waals surface area contributed by atoms with Gasteiger partial charge in [-0.2, -0.15) is 13.2 Å². The van der Waals surface area contributed by atoms with Crippen molar-refractivity contribution in [2.24, 2.45) is 0 Å². The lowest BCUT2D eigenvalue weighted by molar-refractivity contribution is -0.157. The number of aromatic nitrogens is 2. The zero-order valence-electron chi connectivity index (χ0n) is 13.2. The van der Waals surface area contributed by atoms with Crippen molar-refractivity contribution >= 4 is 17.7 Å². The first-order chi connectivity index (χ1) is 11.4. The van der Waals surface area contributed by atoms with E-state index in [0.717, 1.165) is 6.42 Å². The zero-order chi connectivity index (χ0) is 17.2. The summed E-state index contributed by atoms with van der Waals surface area (Å²) in [6.07, 6.45) is 1.55. The largest absolute Gasteiger partial charge is 0.470 e. The van der Waals surface area contributed by atoms with E-state index in [0.29, 0.717) is 30.5 Å². The summed E-state index contributed by atoms with van der Waals surface area (Å²) >= 11 is 1.70. The van der Waals surface area contributed by atoms with Crippen molar-refractivity contribution in [3.05, 3.63) is 11.8 Å². The molecule has 1 aromatic heterocycles. The molecule has 1 aliphatic heterocycles. The van der Waals surface area contributed by atoms with Gasteiger partial charge in [0.15, 0.2) is 0 Å². The van der Waals surface area contributed by atoms with E-state index in [4.69, 9.17) is 4.42 Å². The van der Waals surface area contributed by atoms with Crippen LogP contribution in [0.15, 0.2) is 4.42 Å². The second-order valence-electron chi connectivity index (χ2n) is 6.34. The lowest BCUT2D eigenvalue weighted by Gasteiger charge is -2.31.